The van der Waals surface area contributed by atoms with E-state index in [1.54, 1.807) is 18.5 Å². The number of carbonyl (C=O) groups is 1. The molecule has 18 heavy (non-hydrogen) atoms. The zero-order valence-electron chi connectivity index (χ0n) is 10.4. The average Bonchev–Trinajstić information content (AvgIpc) is 2.35. The monoisotopic (exact) mass is 240 g/mol. The third kappa shape index (κ3) is 3.17. The zero-order chi connectivity index (χ0) is 13.0. The van der Waals surface area contributed by atoms with Crippen molar-refractivity contribution in [1.82, 2.24) is 4.98 Å². The number of ketones is 1. The molecule has 2 rings (SSSR count). The Bertz CT molecular complexity index is 547. The summed E-state index contributed by atoms with van der Waals surface area (Å²) in [5.74, 6) is 0.151. The van der Waals surface area contributed by atoms with Crippen molar-refractivity contribution >= 4 is 11.5 Å². The number of carbonyl (C=O) groups excluding carboxylic acids is 1. The van der Waals surface area contributed by atoms with Gasteiger partial charge >= 0.3 is 0 Å². The molecular formula is C15H16N2O. The van der Waals surface area contributed by atoms with Gasteiger partial charge in [-0.05, 0) is 18.6 Å². The lowest BCUT2D eigenvalue weighted by Crippen LogP contribution is -2.08. The van der Waals surface area contributed by atoms with E-state index in [0.717, 1.165) is 11.1 Å². The maximum Gasteiger partial charge on any atom is 0.141 e. The largest absolute Gasteiger partial charge is 0.398 e. The number of benzene rings is 1. The molecule has 3 heteroatoms. The number of nitrogens with zero attached hydrogens (tertiary/aromatic N) is 1. The van der Waals surface area contributed by atoms with Gasteiger partial charge in [-0.1, -0.05) is 29.8 Å². The number of nitrogen functional groups attached to an aromatic ring is 1. The molecule has 0 fully saturated rings. The van der Waals surface area contributed by atoms with Crippen molar-refractivity contribution in [3.8, 4) is 0 Å². The van der Waals surface area contributed by atoms with E-state index in [1.165, 1.54) is 5.56 Å². The predicted octanol–water partition coefficient (Wildman–Crippen LogP) is 2.33. The number of Topliss-reactive ketones (excluding diaryl/α,β-unsaturated/α-hetero) is 1. The van der Waals surface area contributed by atoms with Crippen LogP contribution in [0.5, 0.6) is 0 Å². The summed E-state index contributed by atoms with van der Waals surface area (Å²) in [6.45, 7) is 2.03. The summed E-state index contributed by atoms with van der Waals surface area (Å²) in [6.07, 6.45) is 4.06. The smallest absolute Gasteiger partial charge is 0.141 e. The second kappa shape index (κ2) is 5.45. The number of anilines is 1. The van der Waals surface area contributed by atoms with E-state index in [4.69, 9.17) is 5.73 Å². The highest BCUT2D eigenvalue weighted by molar-refractivity contribution is 5.84. The zero-order valence-corrected chi connectivity index (χ0v) is 10.4. The molecule has 2 N–H and O–H groups in total. The molecular weight excluding hydrogens is 224 g/mol. The fourth-order valence-electron chi connectivity index (χ4n) is 1.79. The summed E-state index contributed by atoms with van der Waals surface area (Å²) in [5, 5.41) is 0. The molecule has 1 aromatic carbocycles. The van der Waals surface area contributed by atoms with E-state index in [0.29, 0.717) is 18.5 Å². The Balaban J connectivity index is 2.01. The highest BCUT2D eigenvalue weighted by Crippen LogP contribution is 2.12. The van der Waals surface area contributed by atoms with E-state index in [9.17, 15) is 4.79 Å². The first-order valence-electron chi connectivity index (χ1n) is 5.91. The van der Waals surface area contributed by atoms with Gasteiger partial charge in [-0.25, -0.2) is 0 Å². The Morgan fingerprint density at radius 1 is 1.17 bits per heavy atom. The first-order valence-corrected chi connectivity index (χ1v) is 5.91. The molecule has 1 heterocycles. The number of pyridine rings is 1. The van der Waals surface area contributed by atoms with Crippen LogP contribution >= 0.6 is 0 Å². The Morgan fingerprint density at radius 2 is 1.89 bits per heavy atom. The summed E-state index contributed by atoms with van der Waals surface area (Å²) < 4.78 is 0. The standard InChI is InChI=1S/C15H16N2O/c1-11-2-4-12(5-3-11)8-14(18)9-13-10-17-7-6-15(13)16/h2-7,10H,8-9H2,1H3,(H2,16,17). The van der Waals surface area contributed by atoms with Crippen molar-refractivity contribution in [2.45, 2.75) is 19.8 Å². The van der Waals surface area contributed by atoms with Gasteiger partial charge in [0.15, 0.2) is 0 Å². The molecule has 0 aliphatic carbocycles. The Hall–Kier alpha value is -2.16. The topological polar surface area (TPSA) is 56.0 Å². The quantitative estimate of drug-likeness (QED) is 0.892. The maximum atomic E-state index is 11.9. The molecule has 0 saturated heterocycles. The molecule has 0 radical (unpaired) electrons. The van der Waals surface area contributed by atoms with Gasteiger partial charge in [0, 0.05) is 36.5 Å². The first-order chi connectivity index (χ1) is 8.65. The number of hydrogen-bond acceptors (Lipinski definition) is 3. The molecule has 0 unspecified atom stereocenters. The van der Waals surface area contributed by atoms with Crippen molar-refractivity contribution in [2.75, 3.05) is 5.73 Å². The minimum Gasteiger partial charge on any atom is -0.398 e. The molecule has 0 aliphatic rings. The Morgan fingerprint density at radius 3 is 2.56 bits per heavy atom. The van der Waals surface area contributed by atoms with Crippen LogP contribution in [0.15, 0.2) is 42.7 Å². The van der Waals surface area contributed by atoms with Gasteiger partial charge in [-0.2, -0.15) is 0 Å². The Kier molecular flexibility index (Phi) is 3.72. The highest BCUT2D eigenvalue weighted by atomic mass is 16.1. The summed E-state index contributed by atoms with van der Waals surface area (Å²) >= 11 is 0. The number of rotatable bonds is 4. The molecule has 0 spiro atoms. The number of aryl methyl sites for hydroxylation is 1. The minimum atomic E-state index is 0.151. The fourth-order valence-corrected chi connectivity index (χ4v) is 1.79. The third-order valence-electron chi connectivity index (χ3n) is 2.85. The molecule has 0 atom stereocenters. The predicted molar refractivity (Wildman–Crippen MR) is 72.2 cm³/mol. The normalized spacial score (nSPS) is 10.3. The van der Waals surface area contributed by atoms with E-state index in [-0.39, 0.29) is 5.78 Å². The summed E-state index contributed by atoms with van der Waals surface area (Å²) in [6, 6.07) is 9.72. The van der Waals surface area contributed by atoms with Crippen LogP contribution in [0.3, 0.4) is 0 Å². The van der Waals surface area contributed by atoms with Gasteiger partial charge in [0.1, 0.15) is 5.78 Å². The van der Waals surface area contributed by atoms with Gasteiger partial charge in [0.25, 0.3) is 0 Å². The second-order valence-electron chi connectivity index (χ2n) is 4.45. The molecule has 0 aliphatic heterocycles. The Labute approximate surface area is 107 Å². The van der Waals surface area contributed by atoms with E-state index in [1.807, 2.05) is 31.2 Å². The van der Waals surface area contributed by atoms with Crippen molar-refractivity contribution < 1.29 is 4.79 Å². The van der Waals surface area contributed by atoms with Gasteiger partial charge in [0.2, 0.25) is 0 Å². The SMILES string of the molecule is Cc1ccc(CC(=O)Cc2cnccc2N)cc1. The van der Waals surface area contributed by atoms with Crippen molar-refractivity contribution in [3.05, 3.63) is 59.4 Å². The lowest BCUT2D eigenvalue weighted by Gasteiger charge is -2.04. The van der Waals surface area contributed by atoms with Crippen LogP contribution in [-0.4, -0.2) is 10.8 Å². The average molecular weight is 240 g/mol. The van der Waals surface area contributed by atoms with Crippen LogP contribution in [-0.2, 0) is 17.6 Å². The van der Waals surface area contributed by atoms with E-state index in [2.05, 4.69) is 4.98 Å². The number of hydrogen-bond donors (Lipinski definition) is 1. The van der Waals surface area contributed by atoms with Gasteiger partial charge < -0.3 is 5.73 Å². The van der Waals surface area contributed by atoms with Crippen molar-refractivity contribution in [2.24, 2.45) is 0 Å². The van der Waals surface area contributed by atoms with Crippen LogP contribution in [0.1, 0.15) is 16.7 Å². The number of nitrogens with two attached hydrogens (primary N) is 1. The number of aromatic nitrogens is 1. The lowest BCUT2D eigenvalue weighted by atomic mass is 10.0. The molecule has 92 valence electrons. The van der Waals surface area contributed by atoms with Crippen LogP contribution in [0.25, 0.3) is 0 Å². The summed E-state index contributed by atoms with van der Waals surface area (Å²) in [5.41, 5.74) is 9.45. The maximum absolute atomic E-state index is 11.9. The molecule has 2 aromatic rings. The second-order valence-corrected chi connectivity index (χ2v) is 4.45. The fraction of sp³-hybridized carbons (Fsp3) is 0.200. The van der Waals surface area contributed by atoms with Crippen LogP contribution < -0.4 is 5.73 Å². The van der Waals surface area contributed by atoms with Crippen molar-refractivity contribution in [1.29, 1.82) is 0 Å². The lowest BCUT2D eigenvalue weighted by molar-refractivity contribution is -0.117. The van der Waals surface area contributed by atoms with Crippen LogP contribution in [0.2, 0.25) is 0 Å². The van der Waals surface area contributed by atoms with Gasteiger partial charge in [0.05, 0.1) is 0 Å². The molecule has 0 saturated carbocycles. The highest BCUT2D eigenvalue weighted by Gasteiger charge is 2.07. The van der Waals surface area contributed by atoms with Gasteiger partial charge in [-0.3, -0.25) is 9.78 Å². The van der Waals surface area contributed by atoms with Gasteiger partial charge in [-0.15, -0.1) is 0 Å². The molecule has 1 aromatic heterocycles. The van der Waals surface area contributed by atoms with E-state index < -0.39 is 0 Å². The summed E-state index contributed by atoms with van der Waals surface area (Å²) in [4.78, 5) is 15.9. The third-order valence-corrected chi connectivity index (χ3v) is 2.85. The molecule has 0 amide bonds. The summed E-state index contributed by atoms with van der Waals surface area (Å²) in [7, 11) is 0. The van der Waals surface area contributed by atoms with Crippen LogP contribution in [0.4, 0.5) is 5.69 Å². The molecule has 3 nitrogen and oxygen atoms in total. The van der Waals surface area contributed by atoms with Crippen LogP contribution in [0, 0.1) is 6.92 Å². The minimum absolute atomic E-state index is 0.151. The molecule has 0 bridgehead atoms. The van der Waals surface area contributed by atoms with Crippen molar-refractivity contribution in [3.63, 3.8) is 0 Å². The van der Waals surface area contributed by atoms with E-state index >= 15 is 0 Å². The first kappa shape index (κ1) is 12.3.